The zero-order valence-corrected chi connectivity index (χ0v) is 9.19. The Balaban J connectivity index is 2.35. The highest BCUT2D eigenvalue weighted by Gasteiger charge is 2.09. The Morgan fingerprint density at radius 2 is 2.29 bits per heavy atom. The van der Waals surface area contributed by atoms with Crippen molar-refractivity contribution in [2.45, 2.75) is 25.7 Å². The molecule has 0 aromatic carbocycles. The highest BCUT2D eigenvalue weighted by molar-refractivity contribution is 5.92. The minimum Gasteiger partial charge on any atom is -0.477 e. The molecule has 1 heterocycles. The van der Waals surface area contributed by atoms with Crippen molar-refractivity contribution in [1.82, 2.24) is 10.2 Å². The molecule has 0 aliphatic carbocycles. The predicted octanol–water partition coefficient (Wildman–Crippen LogP) is 1.24. The van der Waals surface area contributed by atoms with Gasteiger partial charge in [-0.3, -0.25) is 9.89 Å². The van der Waals surface area contributed by atoms with Crippen molar-refractivity contribution in [3.8, 4) is 12.3 Å². The first-order valence-corrected chi connectivity index (χ1v) is 5.15. The molecule has 0 spiro atoms. The second-order valence-corrected chi connectivity index (χ2v) is 3.43. The van der Waals surface area contributed by atoms with Crippen LogP contribution in [0.15, 0.2) is 6.07 Å². The third-order valence-corrected chi connectivity index (χ3v) is 2.05. The molecule has 6 nitrogen and oxygen atoms in total. The van der Waals surface area contributed by atoms with Gasteiger partial charge in [0, 0.05) is 18.9 Å². The molecule has 17 heavy (non-hydrogen) atoms. The molecular formula is C11H13N3O3. The van der Waals surface area contributed by atoms with E-state index in [0.29, 0.717) is 19.3 Å². The summed E-state index contributed by atoms with van der Waals surface area (Å²) >= 11 is 0. The van der Waals surface area contributed by atoms with E-state index < -0.39 is 5.97 Å². The SMILES string of the molecule is C#CCCCCC(=O)Nc1cc(C(=O)O)[nH]n1. The van der Waals surface area contributed by atoms with Crippen LogP contribution in [0.25, 0.3) is 0 Å². The van der Waals surface area contributed by atoms with Gasteiger partial charge >= 0.3 is 5.97 Å². The van der Waals surface area contributed by atoms with Crippen LogP contribution in [0, 0.1) is 12.3 Å². The number of anilines is 1. The quantitative estimate of drug-likeness (QED) is 0.510. The lowest BCUT2D eigenvalue weighted by Gasteiger charge is -1.99. The van der Waals surface area contributed by atoms with Gasteiger partial charge in [-0.2, -0.15) is 5.10 Å². The molecule has 1 amide bonds. The Morgan fingerprint density at radius 3 is 2.88 bits per heavy atom. The van der Waals surface area contributed by atoms with Crippen molar-refractivity contribution in [3.05, 3.63) is 11.8 Å². The van der Waals surface area contributed by atoms with Gasteiger partial charge in [0.1, 0.15) is 5.69 Å². The second kappa shape index (κ2) is 6.33. The van der Waals surface area contributed by atoms with E-state index in [1.165, 1.54) is 6.07 Å². The molecule has 0 aliphatic heterocycles. The van der Waals surface area contributed by atoms with Crippen LogP contribution < -0.4 is 5.32 Å². The summed E-state index contributed by atoms with van der Waals surface area (Å²) in [6.45, 7) is 0. The van der Waals surface area contributed by atoms with Gasteiger partial charge in [-0.05, 0) is 12.8 Å². The smallest absolute Gasteiger partial charge is 0.353 e. The summed E-state index contributed by atoms with van der Waals surface area (Å²) in [5, 5.41) is 17.1. The second-order valence-electron chi connectivity index (χ2n) is 3.43. The highest BCUT2D eigenvalue weighted by Crippen LogP contribution is 2.07. The first-order chi connectivity index (χ1) is 8.13. The summed E-state index contributed by atoms with van der Waals surface area (Å²) in [5.74, 6) is 1.38. The fraction of sp³-hybridized carbons (Fsp3) is 0.364. The number of aromatic nitrogens is 2. The summed E-state index contributed by atoms with van der Waals surface area (Å²) in [7, 11) is 0. The Hall–Kier alpha value is -2.29. The number of H-pyrrole nitrogens is 1. The Morgan fingerprint density at radius 1 is 1.53 bits per heavy atom. The third-order valence-electron chi connectivity index (χ3n) is 2.05. The minimum atomic E-state index is -1.12. The van der Waals surface area contributed by atoms with Gasteiger partial charge in [-0.25, -0.2) is 4.79 Å². The third kappa shape index (κ3) is 4.38. The van der Waals surface area contributed by atoms with Crippen LogP contribution >= 0.6 is 0 Å². The van der Waals surface area contributed by atoms with E-state index in [1.807, 2.05) is 0 Å². The van der Waals surface area contributed by atoms with Crippen molar-refractivity contribution < 1.29 is 14.7 Å². The van der Waals surface area contributed by atoms with Crippen molar-refractivity contribution in [3.63, 3.8) is 0 Å². The molecule has 1 aromatic rings. The number of hydrogen-bond acceptors (Lipinski definition) is 3. The maximum absolute atomic E-state index is 11.4. The topological polar surface area (TPSA) is 95.1 Å². The van der Waals surface area contributed by atoms with E-state index in [2.05, 4.69) is 21.4 Å². The standard InChI is InChI=1S/C11H13N3O3/c1-2-3-4-5-6-10(15)12-9-7-8(11(16)17)13-14-9/h1,7H,3-6H2,(H,16,17)(H2,12,13,14,15). The normalized spacial score (nSPS) is 9.59. The number of rotatable bonds is 6. The van der Waals surface area contributed by atoms with Crippen LogP contribution in [0.2, 0.25) is 0 Å². The molecule has 0 saturated carbocycles. The van der Waals surface area contributed by atoms with Gasteiger partial charge in [0.25, 0.3) is 0 Å². The van der Waals surface area contributed by atoms with E-state index in [1.54, 1.807) is 0 Å². The summed E-state index contributed by atoms with van der Waals surface area (Å²) in [5.41, 5.74) is -0.0624. The first kappa shape index (κ1) is 12.8. The van der Waals surface area contributed by atoms with Gasteiger partial charge in [0.2, 0.25) is 5.91 Å². The molecule has 6 heteroatoms. The summed E-state index contributed by atoms with van der Waals surface area (Å²) in [4.78, 5) is 21.9. The van der Waals surface area contributed by atoms with Crippen LogP contribution in [-0.2, 0) is 4.79 Å². The van der Waals surface area contributed by atoms with Crippen molar-refractivity contribution in [2.75, 3.05) is 5.32 Å². The molecule has 0 aliphatic rings. The van der Waals surface area contributed by atoms with Gasteiger partial charge in [0.05, 0.1) is 0 Å². The number of carbonyl (C=O) groups excluding carboxylic acids is 1. The van der Waals surface area contributed by atoms with Crippen molar-refractivity contribution >= 4 is 17.7 Å². The molecule has 0 bridgehead atoms. The average molecular weight is 235 g/mol. The van der Waals surface area contributed by atoms with Gasteiger partial charge in [0.15, 0.2) is 5.82 Å². The Labute approximate surface area is 98.4 Å². The fourth-order valence-corrected chi connectivity index (χ4v) is 1.21. The van der Waals surface area contributed by atoms with Crippen molar-refractivity contribution in [1.29, 1.82) is 0 Å². The van der Waals surface area contributed by atoms with Crippen LogP contribution in [0.5, 0.6) is 0 Å². The van der Waals surface area contributed by atoms with Crippen LogP contribution in [0.4, 0.5) is 5.82 Å². The molecule has 1 rings (SSSR count). The number of unbranched alkanes of at least 4 members (excludes halogenated alkanes) is 2. The number of terminal acetylenes is 1. The fourth-order valence-electron chi connectivity index (χ4n) is 1.21. The maximum Gasteiger partial charge on any atom is 0.353 e. The lowest BCUT2D eigenvalue weighted by Crippen LogP contribution is -2.11. The lowest BCUT2D eigenvalue weighted by atomic mass is 10.2. The van der Waals surface area contributed by atoms with E-state index in [-0.39, 0.29) is 17.4 Å². The Bertz CT molecular complexity index is 445. The van der Waals surface area contributed by atoms with E-state index in [0.717, 1.165) is 6.42 Å². The summed E-state index contributed by atoms with van der Waals surface area (Å²) < 4.78 is 0. The zero-order valence-electron chi connectivity index (χ0n) is 9.19. The number of amides is 1. The molecule has 90 valence electrons. The summed E-state index contributed by atoms with van der Waals surface area (Å²) in [6, 6.07) is 1.27. The predicted molar refractivity (Wildman–Crippen MR) is 61.5 cm³/mol. The number of nitrogens with zero attached hydrogens (tertiary/aromatic N) is 1. The van der Waals surface area contributed by atoms with Gasteiger partial charge in [-0.1, -0.05) is 0 Å². The number of carboxylic acid groups (broad SMARTS) is 1. The van der Waals surface area contributed by atoms with Gasteiger partial charge < -0.3 is 10.4 Å². The molecule has 1 aromatic heterocycles. The van der Waals surface area contributed by atoms with Crippen LogP contribution in [-0.4, -0.2) is 27.2 Å². The highest BCUT2D eigenvalue weighted by atomic mass is 16.4. The lowest BCUT2D eigenvalue weighted by molar-refractivity contribution is -0.116. The molecule has 0 unspecified atom stereocenters. The Kier molecular flexibility index (Phi) is 4.76. The largest absolute Gasteiger partial charge is 0.477 e. The molecule has 0 atom stereocenters. The number of aromatic amines is 1. The molecule has 0 fully saturated rings. The average Bonchev–Trinajstić information content (AvgIpc) is 2.73. The van der Waals surface area contributed by atoms with E-state index in [9.17, 15) is 9.59 Å². The van der Waals surface area contributed by atoms with E-state index in [4.69, 9.17) is 11.5 Å². The number of carbonyl (C=O) groups is 2. The molecular weight excluding hydrogens is 222 g/mol. The molecule has 3 N–H and O–H groups in total. The van der Waals surface area contributed by atoms with Crippen molar-refractivity contribution in [2.24, 2.45) is 0 Å². The number of nitrogens with one attached hydrogen (secondary N) is 2. The van der Waals surface area contributed by atoms with Crippen LogP contribution in [0.3, 0.4) is 0 Å². The van der Waals surface area contributed by atoms with Gasteiger partial charge in [-0.15, -0.1) is 12.3 Å². The maximum atomic E-state index is 11.4. The number of carboxylic acids is 1. The monoisotopic (exact) mass is 235 g/mol. The van der Waals surface area contributed by atoms with E-state index >= 15 is 0 Å². The first-order valence-electron chi connectivity index (χ1n) is 5.15. The molecule has 0 radical (unpaired) electrons. The number of hydrogen-bond donors (Lipinski definition) is 3. The number of aromatic carboxylic acids is 1. The molecule has 0 saturated heterocycles. The zero-order chi connectivity index (χ0) is 12.7. The minimum absolute atomic E-state index is 0.0624. The van der Waals surface area contributed by atoms with Crippen LogP contribution in [0.1, 0.15) is 36.2 Å². The summed E-state index contributed by atoms with van der Waals surface area (Å²) in [6.07, 6.45) is 7.57.